The molecule has 0 aliphatic carbocycles. The largest absolute Gasteiger partial charge is 0.401 e. The minimum absolute atomic E-state index is 0.388. The minimum atomic E-state index is -3.08. The second-order valence-electron chi connectivity index (χ2n) is 1.53. The summed E-state index contributed by atoms with van der Waals surface area (Å²) >= 11 is 3.95. The van der Waals surface area contributed by atoms with Gasteiger partial charge >= 0.3 is 4.96 Å². The molecule has 0 aliphatic heterocycles. The van der Waals surface area contributed by atoms with E-state index in [-0.39, 0.29) is 0 Å². The number of rotatable bonds is 1. The Labute approximate surface area is 77.9 Å². The van der Waals surface area contributed by atoms with Gasteiger partial charge < -0.3 is 0 Å². The van der Waals surface area contributed by atoms with E-state index in [0.717, 1.165) is 0 Å². The van der Waals surface area contributed by atoms with Crippen molar-refractivity contribution in [1.29, 1.82) is 0 Å². The molecule has 0 saturated heterocycles. The molecular formula is C4H2BrF2IN2. The van der Waals surface area contributed by atoms with Gasteiger partial charge in [0.25, 0.3) is 0 Å². The van der Waals surface area contributed by atoms with E-state index in [1.54, 1.807) is 22.6 Å². The third-order valence-corrected chi connectivity index (χ3v) is 1.99. The number of hydrogen-bond donors (Lipinski definition) is 0. The summed E-state index contributed by atoms with van der Waals surface area (Å²) in [5.41, 5.74) is 0. The molecule has 0 N–H and O–H groups in total. The molecule has 0 spiro atoms. The zero-order valence-electron chi connectivity index (χ0n) is 4.56. The fraction of sp³-hybridized carbons (Fsp3) is 0.250. The summed E-state index contributed by atoms with van der Waals surface area (Å²) < 4.78 is 25.7. The molecular weight excluding hydrogens is 321 g/mol. The third kappa shape index (κ3) is 1.66. The molecule has 0 fully saturated rings. The fourth-order valence-electron chi connectivity index (χ4n) is 0.474. The highest BCUT2D eigenvalue weighted by molar-refractivity contribution is 14.1. The van der Waals surface area contributed by atoms with Gasteiger partial charge in [-0.2, -0.15) is 18.6 Å². The van der Waals surface area contributed by atoms with Crippen LogP contribution in [0.25, 0.3) is 0 Å². The first-order chi connectivity index (χ1) is 4.52. The first-order valence-corrected chi connectivity index (χ1v) is 4.16. The molecule has 0 bridgehead atoms. The lowest BCUT2D eigenvalue weighted by atomic mass is 10.8. The standard InChI is InChI=1S/C4H2BrF2IN2/c5-4(6,7)10-3(8)1-2-9-10/h1-2H. The van der Waals surface area contributed by atoms with Crippen LogP contribution in [0.15, 0.2) is 12.3 Å². The zero-order chi connectivity index (χ0) is 7.78. The second kappa shape index (κ2) is 2.72. The summed E-state index contributed by atoms with van der Waals surface area (Å²) in [6, 6.07) is 1.50. The van der Waals surface area contributed by atoms with Gasteiger partial charge in [0.05, 0.1) is 6.20 Å². The molecule has 0 unspecified atom stereocenters. The summed E-state index contributed by atoms with van der Waals surface area (Å²) in [4.78, 5) is -3.08. The zero-order valence-corrected chi connectivity index (χ0v) is 8.30. The number of nitrogens with zero attached hydrogens (tertiary/aromatic N) is 2. The van der Waals surface area contributed by atoms with E-state index in [2.05, 4.69) is 21.0 Å². The predicted molar refractivity (Wildman–Crippen MR) is 44.1 cm³/mol. The van der Waals surface area contributed by atoms with Gasteiger partial charge in [-0.3, -0.25) is 0 Å². The van der Waals surface area contributed by atoms with Crippen molar-refractivity contribution in [2.45, 2.75) is 4.96 Å². The Balaban J connectivity index is 3.05. The Kier molecular flexibility index (Phi) is 2.28. The lowest BCUT2D eigenvalue weighted by Gasteiger charge is -2.08. The van der Waals surface area contributed by atoms with Gasteiger partial charge in [-0.25, -0.2) is 0 Å². The van der Waals surface area contributed by atoms with E-state index in [4.69, 9.17) is 0 Å². The first kappa shape index (κ1) is 8.38. The van der Waals surface area contributed by atoms with Crippen LogP contribution in [-0.4, -0.2) is 9.78 Å². The Morgan fingerprint density at radius 3 is 2.50 bits per heavy atom. The molecule has 10 heavy (non-hydrogen) atoms. The van der Waals surface area contributed by atoms with Crippen molar-refractivity contribution < 1.29 is 8.78 Å². The van der Waals surface area contributed by atoms with Gasteiger partial charge in [0.2, 0.25) is 0 Å². The lowest BCUT2D eigenvalue weighted by Crippen LogP contribution is -2.17. The molecule has 0 saturated carbocycles. The maximum Gasteiger partial charge on any atom is 0.401 e. The number of halogens is 4. The predicted octanol–water partition coefficient (Wildman–Crippen LogP) is 2.39. The average Bonchev–Trinajstić information content (AvgIpc) is 2.11. The van der Waals surface area contributed by atoms with Gasteiger partial charge in [0.15, 0.2) is 0 Å². The second-order valence-corrected chi connectivity index (χ2v) is 3.59. The van der Waals surface area contributed by atoms with Crippen LogP contribution in [0.5, 0.6) is 0 Å². The minimum Gasteiger partial charge on any atom is -0.186 e. The van der Waals surface area contributed by atoms with Crippen LogP contribution in [0, 0.1) is 3.70 Å². The van der Waals surface area contributed by atoms with E-state index in [9.17, 15) is 8.78 Å². The molecule has 56 valence electrons. The van der Waals surface area contributed by atoms with E-state index in [1.807, 2.05) is 0 Å². The van der Waals surface area contributed by atoms with E-state index < -0.39 is 4.96 Å². The summed E-state index contributed by atoms with van der Waals surface area (Å²) in [6.07, 6.45) is 1.32. The molecule has 0 aromatic carbocycles. The topological polar surface area (TPSA) is 17.8 Å². The average molecular weight is 323 g/mol. The van der Waals surface area contributed by atoms with Crippen molar-refractivity contribution in [1.82, 2.24) is 9.78 Å². The monoisotopic (exact) mass is 322 g/mol. The summed E-state index contributed by atoms with van der Waals surface area (Å²) in [7, 11) is 0. The fourth-order valence-corrected chi connectivity index (χ4v) is 1.68. The maximum atomic E-state index is 12.4. The first-order valence-electron chi connectivity index (χ1n) is 2.28. The van der Waals surface area contributed by atoms with Gasteiger partial charge in [-0.15, -0.1) is 0 Å². The highest BCUT2D eigenvalue weighted by Gasteiger charge is 2.28. The third-order valence-electron chi connectivity index (χ3n) is 0.837. The van der Waals surface area contributed by atoms with Gasteiger partial charge in [0.1, 0.15) is 3.70 Å². The van der Waals surface area contributed by atoms with Crippen molar-refractivity contribution >= 4 is 38.5 Å². The van der Waals surface area contributed by atoms with Crippen LogP contribution in [0.2, 0.25) is 0 Å². The highest BCUT2D eigenvalue weighted by Crippen LogP contribution is 2.28. The molecule has 6 heteroatoms. The maximum absolute atomic E-state index is 12.4. The smallest absolute Gasteiger partial charge is 0.186 e. The van der Waals surface area contributed by atoms with Crippen molar-refractivity contribution in [3.63, 3.8) is 0 Å². The molecule has 2 nitrogen and oxygen atoms in total. The normalized spacial score (nSPS) is 12.0. The van der Waals surface area contributed by atoms with Crippen molar-refractivity contribution in [3.8, 4) is 0 Å². The molecule has 1 heterocycles. The van der Waals surface area contributed by atoms with Crippen LogP contribution in [0.4, 0.5) is 8.78 Å². The van der Waals surface area contributed by atoms with Gasteiger partial charge in [0, 0.05) is 15.9 Å². The molecule has 0 radical (unpaired) electrons. The van der Waals surface area contributed by atoms with Crippen molar-refractivity contribution in [3.05, 3.63) is 16.0 Å². The Bertz CT molecular complexity index is 231. The highest BCUT2D eigenvalue weighted by atomic mass is 127. The number of aromatic nitrogens is 2. The van der Waals surface area contributed by atoms with Crippen molar-refractivity contribution in [2.75, 3.05) is 0 Å². The van der Waals surface area contributed by atoms with Crippen LogP contribution >= 0.6 is 38.5 Å². The van der Waals surface area contributed by atoms with Crippen LogP contribution in [0.1, 0.15) is 0 Å². The SMILES string of the molecule is FC(F)(Br)n1nccc1I. The quantitative estimate of drug-likeness (QED) is 0.573. The molecule has 1 aromatic heterocycles. The molecule has 1 aromatic rings. The van der Waals surface area contributed by atoms with E-state index in [0.29, 0.717) is 8.38 Å². The van der Waals surface area contributed by atoms with Crippen molar-refractivity contribution in [2.24, 2.45) is 0 Å². The van der Waals surface area contributed by atoms with Crippen LogP contribution < -0.4 is 0 Å². The van der Waals surface area contributed by atoms with Crippen LogP contribution in [0.3, 0.4) is 0 Å². The molecule has 0 amide bonds. The Morgan fingerprint density at radius 2 is 2.30 bits per heavy atom. The Morgan fingerprint density at radius 1 is 1.70 bits per heavy atom. The molecule has 0 atom stereocenters. The number of alkyl halides is 3. The summed E-state index contributed by atoms with van der Waals surface area (Å²) in [5, 5.41) is 3.40. The van der Waals surface area contributed by atoms with E-state index in [1.165, 1.54) is 12.3 Å². The van der Waals surface area contributed by atoms with Gasteiger partial charge in [-0.1, -0.05) is 0 Å². The van der Waals surface area contributed by atoms with E-state index >= 15 is 0 Å². The molecule has 0 aliphatic rings. The lowest BCUT2D eigenvalue weighted by molar-refractivity contribution is 0.0173. The Hall–Kier alpha value is 0.280. The summed E-state index contributed by atoms with van der Waals surface area (Å²) in [5.74, 6) is 0. The number of hydrogen-bond acceptors (Lipinski definition) is 1. The summed E-state index contributed by atoms with van der Waals surface area (Å²) in [6.45, 7) is 0. The van der Waals surface area contributed by atoms with Gasteiger partial charge in [-0.05, 0) is 28.7 Å². The molecule has 1 rings (SSSR count). The van der Waals surface area contributed by atoms with Crippen LogP contribution in [-0.2, 0) is 4.96 Å².